The molecule has 0 bridgehead atoms. The zero-order valence-corrected chi connectivity index (χ0v) is 23.0. The number of rotatable bonds is 11. The lowest BCUT2D eigenvalue weighted by Crippen LogP contribution is -2.53. The molecule has 0 saturated heterocycles. The standard InChI is InChI=1S/C28H31ClFN3O4S/c1-4-26(28(35)31-20(2)3)32(18-21-10-12-22(29)13-11-21)27(34)19-33(24-16-14-23(30)15-17-24)38(36,37)25-8-6-5-7-9-25/h5-17,20,26H,4,18-19H2,1-3H3,(H,31,35)/t26-/m1/s1. The number of anilines is 1. The van der Waals surface area contributed by atoms with Crippen LogP contribution in [0.5, 0.6) is 0 Å². The quantitative estimate of drug-likeness (QED) is 0.358. The van der Waals surface area contributed by atoms with E-state index in [9.17, 15) is 22.4 Å². The molecular formula is C28H31ClFN3O4S. The van der Waals surface area contributed by atoms with Crippen LogP contribution in [0, 0.1) is 5.82 Å². The lowest BCUT2D eigenvalue weighted by molar-refractivity contribution is -0.140. The molecule has 0 aromatic heterocycles. The van der Waals surface area contributed by atoms with E-state index in [1.165, 1.54) is 29.2 Å². The number of amides is 2. The molecule has 0 aliphatic heterocycles. The van der Waals surface area contributed by atoms with Crippen molar-refractivity contribution in [3.05, 3.63) is 95.3 Å². The normalized spacial score (nSPS) is 12.2. The third-order valence-corrected chi connectivity index (χ3v) is 7.85. The van der Waals surface area contributed by atoms with Gasteiger partial charge in [-0.05, 0) is 74.4 Å². The lowest BCUT2D eigenvalue weighted by Gasteiger charge is -2.33. The third kappa shape index (κ3) is 7.33. The Labute approximate surface area is 228 Å². The molecule has 10 heteroatoms. The smallest absolute Gasteiger partial charge is 0.264 e. The number of carbonyl (C=O) groups is 2. The van der Waals surface area contributed by atoms with Crippen LogP contribution in [0.1, 0.15) is 32.8 Å². The van der Waals surface area contributed by atoms with Gasteiger partial charge in [0.2, 0.25) is 11.8 Å². The van der Waals surface area contributed by atoms with Gasteiger partial charge in [0.15, 0.2) is 0 Å². The fraction of sp³-hybridized carbons (Fsp3) is 0.286. The van der Waals surface area contributed by atoms with Crippen LogP contribution >= 0.6 is 11.6 Å². The summed E-state index contributed by atoms with van der Waals surface area (Å²) in [7, 11) is -4.20. The van der Waals surface area contributed by atoms with Crippen LogP contribution in [0.25, 0.3) is 0 Å². The fourth-order valence-corrected chi connectivity index (χ4v) is 5.50. The molecule has 0 aliphatic rings. The van der Waals surface area contributed by atoms with Gasteiger partial charge in [-0.3, -0.25) is 13.9 Å². The zero-order valence-electron chi connectivity index (χ0n) is 21.5. The first kappa shape index (κ1) is 29.1. The van der Waals surface area contributed by atoms with Crippen LogP contribution in [0.15, 0.2) is 83.8 Å². The van der Waals surface area contributed by atoms with E-state index < -0.39 is 34.3 Å². The summed E-state index contributed by atoms with van der Waals surface area (Å²) in [4.78, 5) is 28.3. The Bertz CT molecular complexity index is 1330. The van der Waals surface area contributed by atoms with Crippen molar-refractivity contribution in [2.75, 3.05) is 10.8 Å². The lowest BCUT2D eigenvalue weighted by atomic mass is 10.1. The second-order valence-corrected chi connectivity index (χ2v) is 11.3. The van der Waals surface area contributed by atoms with Crippen molar-refractivity contribution >= 4 is 39.1 Å². The molecule has 38 heavy (non-hydrogen) atoms. The summed E-state index contributed by atoms with van der Waals surface area (Å²) in [5.41, 5.74) is 0.840. The van der Waals surface area contributed by atoms with Crippen molar-refractivity contribution < 1.29 is 22.4 Å². The number of halogens is 2. The van der Waals surface area contributed by atoms with E-state index in [-0.39, 0.29) is 29.1 Å². The molecule has 0 aliphatic carbocycles. The minimum absolute atomic E-state index is 0.0223. The summed E-state index contributed by atoms with van der Waals surface area (Å²) in [6.45, 7) is 4.88. The van der Waals surface area contributed by atoms with Crippen molar-refractivity contribution in [1.82, 2.24) is 10.2 Å². The van der Waals surface area contributed by atoms with Gasteiger partial charge in [-0.15, -0.1) is 0 Å². The first-order valence-corrected chi connectivity index (χ1v) is 14.0. The molecule has 1 N–H and O–H groups in total. The maximum absolute atomic E-state index is 13.9. The third-order valence-electron chi connectivity index (χ3n) is 5.81. The van der Waals surface area contributed by atoms with Gasteiger partial charge >= 0.3 is 0 Å². The Hall–Kier alpha value is -3.43. The average molecular weight is 560 g/mol. The van der Waals surface area contributed by atoms with E-state index in [1.54, 1.807) is 49.4 Å². The van der Waals surface area contributed by atoms with Crippen LogP contribution in [0.2, 0.25) is 5.02 Å². The number of carbonyl (C=O) groups excluding carboxylic acids is 2. The zero-order chi connectivity index (χ0) is 27.9. The van der Waals surface area contributed by atoms with E-state index in [2.05, 4.69) is 5.32 Å². The highest BCUT2D eigenvalue weighted by atomic mass is 35.5. The Morgan fingerprint density at radius 2 is 1.55 bits per heavy atom. The van der Waals surface area contributed by atoms with Gasteiger partial charge in [0.25, 0.3) is 10.0 Å². The number of benzene rings is 3. The molecule has 1 atom stereocenters. The highest BCUT2D eigenvalue weighted by Crippen LogP contribution is 2.25. The first-order chi connectivity index (χ1) is 18.0. The Kier molecular flexibility index (Phi) is 9.88. The topological polar surface area (TPSA) is 86.8 Å². The molecule has 3 aromatic rings. The first-order valence-electron chi connectivity index (χ1n) is 12.2. The van der Waals surface area contributed by atoms with Gasteiger partial charge in [-0.2, -0.15) is 0 Å². The average Bonchev–Trinajstić information content (AvgIpc) is 2.89. The van der Waals surface area contributed by atoms with Gasteiger partial charge in [-0.1, -0.05) is 48.9 Å². The maximum Gasteiger partial charge on any atom is 0.264 e. The second kappa shape index (κ2) is 12.9. The molecule has 0 spiro atoms. The van der Waals surface area contributed by atoms with Gasteiger partial charge < -0.3 is 10.2 Å². The molecule has 0 radical (unpaired) electrons. The molecule has 0 unspecified atom stereocenters. The predicted molar refractivity (Wildman–Crippen MR) is 147 cm³/mol. The molecule has 3 rings (SSSR count). The summed E-state index contributed by atoms with van der Waals surface area (Å²) >= 11 is 6.02. The highest BCUT2D eigenvalue weighted by molar-refractivity contribution is 7.92. The van der Waals surface area contributed by atoms with Crippen molar-refractivity contribution in [2.24, 2.45) is 0 Å². The summed E-state index contributed by atoms with van der Waals surface area (Å²) in [5, 5.41) is 3.36. The SMILES string of the molecule is CC[C@H](C(=O)NC(C)C)N(Cc1ccc(Cl)cc1)C(=O)CN(c1ccc(F)cc1)S(=O)(=O)c1ccccc1. The van der Waals surface area contributed by atoms with Crippen molar-refractivity contribution in [2.45, 2.75) is 50.7 Å². The van der Waals surface area contributed by atoms with Crippen molar-refractivity contribution in [3.63, 3.8) is 0 Å². The van der Waals surface area contributed by atoms with E-state index in [4.69, 9.17) is 11.6 Å². The van der Waals surface area contributed by atoms with Crippen molar-refractivity contribution in [3.8, 4) is 0 Å². The molecule has 0 fully saturated rings. The summed E-state index contributed by atoms with van der Waals surface area (Å²) in [6.07, 6.45) is 0.305. The monoisotopic (exact) mass is 559 g/mol. The highest BCUT2D eigenvalue weighted by Gasteiger charge is 2.33. The number of hydrogen-bond donors (Lipinski definition) is 1. The maximum atomic E-state index is 13.9. The van der Waals surface area contributed by atoms with Crippen molar-refractivity contribution in [1.29, 1.82) is 0 Å². The minimum atomic E-state index is -4.20. The van der Waals surface area contributed by atoms with E-state index >= 15 is 0 Å². The second-order valence-electron chi connectivity index (χ2n) is 9.04. The predicted octanol–water partition coefficient (Wildman–Crippen LogP) is 5.01. The Morgan fingerprint density at radius 1 is 0.947 bits per heavy atom. The molecule has 3 aromatic carbocycles. The summed E-state index contributed by atoms with van der Waals surface area (Å²) < 4.78 is 41.9. The Balaban J connectivity index is 2.04. The van der Waals surface area contributed by atoms with Crippen LogP contribution in [-0.4, -0.2) is 43.8 Å². The summed E-state index contributed by atoms with van der Waals surface area (Å²) in [6, 6.07) is 18.4. The summed E-state index contributed by atoms with van der Waals surface area (Å²) in [5.74, 6) is -1.48. The molecule has 202 valence electrons. The van der Waals surface area contributed by atoms with Gasteiger partial charge in [0, 0.05) is 17.6 Å². The van der Waals surface area contributed by atoms with E-state index in [0.29, 0.717) is 11.4 Å². The van der Waals surface area contributed by atoms with E-state index in [0.717, 1.165) is 22.0 Å². The molecular weight excluding hydrogens is 529 g/mol. The van der Waals surface area contributed by atoms with E-state index in [1.807, 2.05) is 13.8 Å². The van der Waals surface area contributed by atoms with Gasteiger partial charge in [0.1, 0.15) is 18.4 Å². The van der Waals surface area contributed by atoms with Crippen LogP contribution < -0.4 is 9.62 Å². The molecule has 0 heterocycles. The minimum Gasteiger partial charge on any atom is -0.352 e. The van der Waals surface area contributed by atoms with Crippen LogP contribution in [0.3, 0.4) is 0 Å². The number of hydrogen-bond acceptors (Lipinski definition) is 4. The Morgan fingerprint density at radius 3 is 2.11 bits per heavy atom. The largest absolute Gasteiger partial charge is 0.352 e. The van der Waals surface area contributed by atoms with Gasteiger partial charge in [-0.25, -0.2) is 12.8 Å². The van der Waals surface area contributed by atoms with Crippen LogP contribution in [0.4, 0.5) is 10.1 Å². The number of nitrogens with one attached hydrogen (secondary N) is 1. The fourth-order valence-electron chi connectivity index (χ4n) is 3.94. The number of sulfonamides is 1. The van der Waals surface area contributed by atoms with Gasteiger partial charge in [0.05, 0.1) is 10.6 Å². The van der Waals surface area contributed by atoms with Crippen LogP contribution in [-0.2, 0) is 26.2 Å². The molecule has 2 amide bonds. The molecule has 0 saturated carbocycles. The number of nitrogens with zero attached hydrogens (tertiary/aromatic N) is 2. The molecule has 7 nitrogen and oxygen atoms in total.